The summed E-state index contributed by atoms with van der Waals surface area (Å²) in [6.07, 6.45) is -0.614. The Hall–Kier alpha value is -2.05. The number of amides is 2. The van der Waals surface area contributed by atoms with E-state index in [0.29, 0.717) is 18.0 Å². The van der Waals surface area contributed by atoms with Gasteiger partial charge >= 0.3 is 6.09 Å². The Bertz CT molecular complexity index is 476. The standard InChI is InChI=1S/C13H21N3O4/c1-9-6-10(15-20-9)8-16(5)11(17)7-14-12(18)19-13(2,3)4/h6H,7-8H2,1-5H3,(H,14,18). The number of ether oxygens (including phenoxy) is 1. The van der Waals surface area contributed by atoms with E-state index in [0.717, 1.165) is 0 Å². The number of carbonyl (C=O) groups is 2. The number of hydrogen-bond acceptors (Lipinski definition) is 5. The van der Waals surface area contributed by atoms with E-state index >= 15 is 0 Å². The third kappa shape index (κ3) is 5.73. The first-order chi connectivity index (χ1) is 9.17. The molecular weight excluding hydrogens is 262 g/mol. The van der Waals surface area contributed by atoms with E-state index in [1.54, 1.807) is 40.8 Å². The molecule has 0 saturated heterocycles. The summed E-state index contributed by atoms with van der Waals surface area (Å²) in [6.45, 7) is 7.26. The molecular formula is C13H21N3O4. The van der Waals surface area contributed by atoms with Gasteiger partial charge in [-0.1, -0.05) is 5.16 Å². The zero-order valence-electron chi connectivity index (χ0n) is 12.5. The van der Waals surface area contributed by atoms with Crippen molar-refractivity contribution in [1.82, 2.24) is 15.4 Å². The first-order valence-corrected chi connectivity index (χ1v) is 6.30. The predicted molar refractivity (Wildman–Crippen MR) is 72.0 cm³/mol. The van der Waals surface area contributed by atoms with Crippen LogP contribution in [0, 0.1) is 6.92 Å². The molecule has 0 radical (unpaired) electrons. The molecule has 1 rings (SSSR count). The topological polar surface area (TPSA) is 84.7 Å². The molecule has 0 fully saturated rings. The monoisotopic (exact) mass is 283 g/mol. The van der Waals surface area contributed by atoms with Crippen molar-refractivity contribution in [2.45, 2.75) is 39.8 Å². The summed E-state index contributed by atoms with van der Waals surface area (Å²) < 4.78 is 9.96. The molecule has 0 aliphatic rings. The first-order valence-electron chi connectivity index (χ1n) is 6.30. The Morgan fingerprint density at radius 1 is 1.45 bits per heavy atom. The molecule has 2 amide bonds. The van der Waals surface area contributed by atoms with Gasteiger partial charge in [0, 0.05) is 13.1 Å². The minimum Gasteiger partial charge on any atom is -0.444 e. The molecule has 1 N–H and O–H groups in total. The number of aromatic nitrogens is 1. The van der Waals surface area contributed by atoms with E-state index in [4.69, 9.17) is 9.26 Å². The van der Waals surface area contributed by atoms with Crippen LogP contribution in [0.25, 0.3) is 0 Å². The maximum atomic E-state index is 11.8. The molecule has 1 heterocycles. The Balaban J connectivity index is 2.37. The van der Waals surface area contributed by atoms with Crippen molar-refractivity contribution in [3.63, 3.8) is 0 Å². The van der Waals surface area contributed by atoms with Crippen LogP contribution in [0.2, 0.25) is 0 Å². The summed E-state index contributed by atoms with van der Waals surface area (Å²) in [5.41, 5.74) is 0.0766. The van der Waals surface area contributed by atoms with Gasteiger partial charge in [-0.05, 0) is 27.7 Å². The Morgan fingerprint density at radius 3 is 2.60 bits per heavy atom. The fourth-order valence-electron chi connectivity index (χ4n) is 1.42. The summed E-state index contributed by atoms with van der Waals surface area (Å²) in [6, 6.07) is 1.76. The van der Waals surface area contributed by atoms with Crippen LogP contribution in [-0.2, 0) is 16.1 Å². The van der Waals surface area contributed by atoms with Crippen LogP contribution in [0.15, 0.2) is 10.6 Å². The average Bonchev–Trinajstić information content (AvgIpc) is 2.69. The molecule has 1 aromatic heterocycles. The Labute approximate surface area is 118 Å². The summed E-state index contributed by atoms with van der Waals surface area (Å²) in [5.74, 6) is 0.448. The fraction of sp³-hybridized carbons (Fsp3) is 0.615. The van der Waals surface area contributed by atoms with Crippen molar-refractivity contribution < 1.29 is 18.8 Å². The van der Waals surface area contributed by atoms with Crippen molar-refractivity contribution in [1.29, 1.82) is 0 Å². The Morgan fingerprint density at radius 2 is 2.10 bits per heavy atom. The van der Waals surface area contributed by atoms with Crippen LogP contribution in [-0.4, -0.2) is 41.3 Å². The maximum absolute atomic E-state index is 11.8. The lowest BCUT2D eigenvalue weighted by Crippen LogP contribution is -2.40. The van der Waals surface area contributed by atoms with Gasteiger partial charge in [-0.15, -0.1) is 0 Å². The number of carbonyl (C=O) groups excluding carboxylic acids is 2. The minimum atomic E-state index is -0.614. The average molecular weight is 283 g/mol. The SMILES string of the molecule is Cc1cc(CN(C)C(=O)CNC(=O)OC(C)(C)C)no1. The second kappa shape index (κ2) is 6.40. The highest BCUT2D eigenvalue weighted by Gasteiger charge is 2.18. The molecule has 112 valence electrons. The number of aryl methyl sites for hydroxylation is 1. The fourth-order valence-corrected chi connectivity index (χ4v) is 1.42. The smallest absolute Gasteiger partial charge is 0.408 e. The number of hydrogen-bond donors (Lipinski definition) is 1. The molecule has 0 bridgehead atoms. The van der Waals surface area contributed by atoms with Crippen molar-refractivity contribution in [2.24, 2.45) is 0 Å². The van der Waals surface area contributed by atoms with Crippen LogP contribution in [0.3, 0.4) is 0 Å². The summed E-state index contributed by atoms with van der Waals surface area (Å²) in [4.78, 5) is 24.7. The van der Waals surface area contributed by atoms with Gasteiger partial charge in [-0.25, -0.2) is 4.79 Å². The van der Waals surface area contributed by atoms with Gasteiger partial charge in [0.15, 0.2) is 0 Å². The largest absolute Gasteiger partial charge is 0.444 e. The molecule has 7 nitrogen and oxygen atoms in total. The number of alkyl carbamates (subject to hydrolysis) is 1. The third-order valence-electron chi connectivity index (χ3n) is 2.28. The van der Waals surface area contributed by atoms with Gasteiger partial charge in [-0.2, -0.15) is 0 Å². The predicted octanol–water partition coefficient (Wildman–Crippen LogP) is 1.47. The van der Waals surface area contributed by atoms with Crippen molar-refractivity contribution >= 4 is 12.0 Å². The summed E-state index contributed by atoms with van der Waals surface area (Å²) in [7, 11) is 1.63. The number of rotatable bonds is 4. The highest BCUT2D eigenvalue weighted by atomic mass is 16.6. The zero-order chi connectivity index (χ0) is 15.3. The minimum absolute atomic E-state index is 0.123. The van der Waals surface area contributed by atoms with Crippen LogP contribution in [0.5, 0.6) is 0 Å². The van der Waals surface area contributed by atoms with Gasteiger partial charge in [-0.3, -0.25) is 4.79 Å². The highest BCUT2D eigenvalue weighted by molar-refractivity contribution is 5.82. The van der Waals surface area contributed by atoms with Crippen LogP contribution >= 0.6 is 0 Å². The maximum Gasteiger partial charge on any atom is 0.408 e. The lowest BCUT2D eigenvalue weighted by atomic mass is 10.2. The molecule has 0 aliphatic carbocycles. The molecule has 0 aliphatic heterocycles. The molecule has 20 heavy (non-hydrogen) atoms. The molecule has 0 saturated carbocycles. The Kier molecular flexibility index (Phi) is 5.12. The van der Waals surface area contributed by atoms with Crippen molar-refractivity contribution in [3.05, 3.63) is 17.5 Å². The quantitative estimate of drug-likeness (QED) is 0.904. The molecule has 7 heteroatoms. The van der Waals surface area contributed by atoms with Crippen LogP contribution < -0.4 is 5.32 Å². The van der Waals surface area contributed by atoms with Gasteiger partial charge < -0.3 is 19.5 Å². The van der Waals surface area contributed by atoms with Gasteiger partial charge in [0.05, 0.1) is 6.54 Å². The summed E-state index contributed by atoms with van der Waals surface area (Å²) >= 11 is 0. The van der Waals surface area contributed by atoms with Gasteiger partial charge in [0.2, 0.25) is 5.91 Å². The second-order valence-corrected chi connectivity index (χ2v) is 5.53. The van der Waals surface area contributed by atoms with Crippen molar-refractivity contribution in [3.8, 4) is 0 Å². The van der Waals surface area contributed by atoms with E-state index in [1.165, 1.54) is 4.90 Å². The normalized spacial score (nSPS) is 11.1. The second-order valence-electron chi connectivity index (χ2n) is 5.53. The van der Waals surface area contributed by atoms with Crippen molar-refractivity contribution in [2.75, 3.05) is 13.6 Å². The lowest BCUT2D eigenvalue weighted by molar-refractivity contribution is -0.129. The molecule has 0 aromatic carbocycles. The van der Waals surface area contributed by atoms with Crippen LogP contribution in [0.4, 0.5) is 4.79 Å². The van der Waals surface area contributed by atoms with Gasteiger partial charge in [0.1, 0.15) is 23.6 Å². The molecule has 1 aromatic rings. The van der Waals surface area contributed by atoms with Crippen LogP contribution in [0.1, 0.15) is 32.2 Å². The van der Waals surface area contributed by atoms with E-state index in [1.807, 2.05) is 0 Å². The van der Waals surface area contributed by atoms with E-state index in [-0.39, 0.29) is 12.5 Å². The molecule has 0 unspecified atom stereocenters. The van der Waals surface area contributed by atoms with E-state index in [9.17, 15) is 9.59 Å². The number of likely N-dealkylation sites (N-methyl/N-ethyl adjacent to an activating group) is 1. The number of nitrogens with zero attached hydrogens (tertiary/aromatic N) is 2. The molecule has 0 spiro atoms. The lowest BCUT2D eigenvalue weighted by Gasteiger charge is -2.20. The highest BCUT2D eigenvalue weighted by Crippen LogP contribution is 2.07. The summed E-state index contributed by atoms with van der Waals surface area (Å²) in [5, 5.41) is 6.22. The third-order valence-corrected chi connectivity index (χ3v) is 2.28. The van der Waals surface area contributed by atoms with Gasteiger partial charge in [0.25, 0.3) is 0 Å². The number of nitrogens with one attached hydrogen (secondary N) is 1. The van der Waals surface area contributed by atoms with E-state index < -0.39 is 11.7 Å². The molecule has 0 atom stereocenters. The van der Waals surface area contributed by atoms with E-state index in [2.05, 4.69) is 10.5 Å². The first kappa shape index (κ1) is 16.0. The zero-order valence-corrected chi connectivity index (χ0v) is 12.5.